The van der Waals surface area contributed by atoms with Crippen LogP contribution in [-0.4, -0.2) is 43.2 Å². The minimum Gasteiger partial charge on any atom is -0.493 e. The van der Waals surface area contributed by atoms with Crippen molar-refractivity contribution in [3.63, 3.8) is 0 Å². The summed E-state index contributed by atoms with van der Waals surface area (Å²) in [6.45, 7) is 1.31. The largest absolute Gasteiger partial charge is 0.493 e. The molecule has 2 N–H and O–H groups in total. The molecule has 0 bridgehead atoms. The van der Waals surface area contributed by atoms with E-state index in [2.05, 4.69) is 20.6 Å². The zero-order valence-corrected chi connectivity index (χ0v) is 17.2. The van der Waals surface area contributed by atoms with E-state index >= 15 is 0 Å². The zero-order valence-electron chi connectivity index (χ0n) is 15.6. The molecule has 0 spiro atoms. The van der Waals surface area contributed by atoms with Gasteiger partial charge < -0.3 is 20.1 Å². The van der Waals surface area contributed by atoms with Crippen LogP contribution in [0.15, 0.2) is 29.6 Å². The molecular weight excluding hydrogens is 400 g/mol. The number of carbonyl (C=O) groups is 1. The summed E-state index contributed by atoms with van der Waals surface area (Å²) in [5.74, 6) is 1.73. The fourth-order valence-electron chi connectivity index (χ4n) is 2.69. The Kier molecular flexibility index (Phi) is 6.89. The molecule has 2 aromatic heterocycles. The summed E-state index contributed by atoms with van der Waals surface area (Å²) in [4.78, 5) is 20.7. The summed E-state index contributed by atoms with van der Waals surface area (Å²) in [7, 11) is 3.10. The van der Waals surface area contributed by atoms with Crippen LogP contribution in [0, 0.1) is 0 Å². The van der Waals surface area contributed by atoms with Crippen LogP contribution in [0.3, 0.4) is 0 Å². The van der Waals surface area contributed by atoms with E-state index in [0.717, 1.165) is 35.4 Å². The molecule has 1 amide bonds. The van der Waals surface area contributed by atoms with E-state index in [4.69, 9.17) is 21.1 Å². The summed E-state index contributed by atoms with van der Waals surface area (Å²) < 4.78 is 11.4. The number of fused-ring (bicyclic) bond motifs is 1. The van der Waals surface area contributed by atoms with Crippen molar-refractivity contribution >= 4 is 44.9 Å². The summed E-state index contributed by atoms with van der Waals surface area (Å²) >= 11 is 7.53. The highest BCUT2D eigenvalue weighted by molar-refractivity contribution is 7.17. The highest BCUT2D eigenvalue weighted by Gasteiger charge is 2.10. The Morgan fingerprint density at radius 3 is 2.68 bits per heavy atom. The average Bonchev–Trinajstić information content (AvgIpc) is 3.18. The van der Waals surface area contributed by atoms with E-state index in [0.29, 0.717) is 23.6 Å². The molecule has 28 heavy (non-hydrogen) atoms. The van der Waals surface area contributed by atoms with Gasteiger partial charge >= 0.3 is 0 Å². The first-order valence-corrected chi connectivity index (χ1v) is 10.0. The number of amides is 1. The number of rotatable bonds is 9. The van der Waals surface area contributed by atoms with Crippen molar-refractivity contribution in [1.29, 1.82) is 0 Å². The first-order chi connectivity index (χ1) is 13.6. The lowest BCUT2D eigenvalue weighted by atomic mass is 10.2. The van der Waals surface area contributed by atoms with E-state index in [-0.39, 0.29) is 11.2 Å². The van der Waals surface area contributed by atoms with Gasteiger partial charge in [-0.2, -0.15) is 4.98 Å². The summed E-state index contributed by atoms with van der Waals surface area (Å²) in [6, 6.07) is 7.02. The van der Waals surface area contributed by atoms with Gasteiger partial charge in [0, 0.05) is 18.7 Å². The minimum absolute atomic E-state index is 0.142. The molecule has 9 heteroatoms. The van der Waals surface area contributed by atoms with Crippen LogP contribution in [0.25, 0.3) is 10.2 Å². The number of halogens is 1. The Morgan fingerprint density at radius 2 is 1.89 bits per heavy atom. The number of anilines is 1. The number of unbranched alkanes of at least 4 members (excludes halogenated alkanes) is 1. The fraction of sp³-hybridized carbons (Fsp3) is 0.316. The second kappa shape index (κ2) is 9.57. The van der Waals surface area contributed by atoms with Crippen molar-refractivity contribution in [2.75, 3.05) is 32.6 Å². The third-order valence-electron chi connectivity index (χ3n) is 4.10. The van der Waals surface area contributed by atoms with Crippen LogP contribution in [0.4, 0.5) is 5.82 Å². The standard InChI is InChI=1S/C19H21ClN4O3S/c1-26-14-6-5-12(11-15(14)27-2)18(25)22-9-4-3-8-21-17-16-13(7-10-28-16)23-19(20)24-17/h5-7,10-11H,3-4,8-9H2,1-2H3,(H,22,25)(H,21,23,24). The molecule has 2 heterocycles. The Balaban J connectivity index is 1.43. The van der Waals surface area contributed by atoms with E-state index < -0.39 is 0 Å². The first-order valence-electron chi connectivity index (χ1n) is 8.77. The van der Waals surface area contributed by atoms with Gasteiger partial charge in [0.25, 0.3) is 5.91 Å². The molecule has 0 aliphatic heterocycles. The molecule has 1 aromatic carbocycles. The fourth-order valence-corrected chi connectivity index (χ4v) is 3.67. The number of nitrogens with zero attached hydrogens (tertiary/aromatic N) is 2. The van der Waals surface area contributed by atoms with Crippen LogP contribution in [-0.2, 0) is 0 Å². The zero-order chi connectivity index (χ0) is 19.9. The van der Waals surface area contributed by atoms with Gasteiger partial charge in [0.2, 0.25) is 5.28 Å². The predicted molar refractivity (Wildman–Crippen MR) is 112 cm³/mol. The molecule has 0 aliphatic rings. The van der Waals surface area contributed by atoms with E-state index in [1.54, 1.807) is 43.8 Å². The Bertz CT molecular complexity index is 964. The number of aromatic nitrogens is 2. The molecule has 0 unspecified atom stereocenters. The minimum atomic E-state index is -0.142. The Labute approximate surface area is 172 Å². The average molecular weight is 421 g/mol. The molecule has 148 valence electrons. The summed E-state index contributed by atoms with van der Waals surface area (Å²) in [5.41, 5.74) is 1.38. The van der Waals surface area contributed by atoms with Gasteiger partial charge in [-0.15, -0.1) is 11.3 Å². The van der Waals surface area contributed by atoms with Crippen LogP contribution >= 0.6 is 22.9 Å². The van der Waals surface area contributed by atoms with Crippen LogP contribution in [0.5, 0.6) is 11.5 Å². The van der Waals surface area contributed by atoms with Gasteiger partial charge in [-0.3, -0.25) is 4.79 Å². The van der Waals surface area contributed by atoms with Crippen molar-refractivity contribution in [3.8, 4) is 11.5 Å². The molecule has 0 saturated carbocycles. The number of carbonyl (C=O) groups excluding carboxylic acids is 1. The lowest BCUT2D eigenvalue weighted by Gasteiger charge is -2.10. The number of benzene rings is 1. The van der Waals surface area contributed by atoms with E-state index in [9.17, 15) is 4.79 Å². The van der Waals surface area contributed by atoms with Crippen LogP contribution in [0.1, 0.15) is 23.2 Å². The third kappa shape index (κ3) is 4.82. The molecule has 0 atom stereocenters. The van der Waals surface area contributed by atoms with E-state index in [1.807, 2.05) is 11.4 Å². The Hall–Kier alpha value is -2.58. The number of ether oxygens (including phenoxy) is 2. The van der Waals surface area contributed by atoms with Crippen LogP contribution < -0.4 is 20.1 Å². The maximum atomic E-state index is 12.3. The lowest BCUT2D eigenvalue weighted by Crippen LogP contribution is -2.24. The van der Waals surface area contributed by atoms with Crippen molar-refractivity contribution in [3.05, 3.63) is 40.5 Å². The molecule has 0 aliphatic carbocycles. The normalized spacial score (nSPS) is 10.7. The summed E-state index contributed by atoms with van der Waals surface area (Å²) in [5, 5.41) is 8.40. The molecular formula is C19H21ClN4O3S. The molecule has 0 saturated heterocycles. The highest BCUT2D eigenvalue weighted by Crippen LogP contribution is 2.28. The second-order valence-corrected chi connectivity index (χ2v) is 7.19. The smallest absolute Gasteiger partial charge is 0.251 e. The van der Waals surface area contributed by atoms with Crippen molar-refractivity contribution in [2.45, 2.75) is 12.8 Å². The Morgan fingerprint density at radius 1 is 1.11 bits per heavy atom. The van der Waals surface area contributed by atoms with Gasteiger partial charge in [0.15, 0.2) is 11.5 Å². The maximum absolute atomic E-state index is 12.3. The molecule has 3 aromatic rings. The lowest BCUT2D eigenvalue weighted by molar-refractivity contribution is 0.0952. The number of hydrogen-bond donors (Lipinski definition) is 2. The quantitative estimate of drug-likeness (QED) is 0.402. The molecule has 0 radical (unpaired) electrons. The SMILES string of the molecule is COc1ccc(C(=O)NCCCCNc2nc(Cl)nc3ccsc23)cc1OC. The first kappa shape index (κ1) is 20.2. The van der Waals surface area contributed by atoms with Crippen molar-refractivity contribution in [2.24, 2.45) is 0 Å². The van der Waals surface area contributed by atoms with Gasteiger partial charge in [-0.1, -0.05) is 0 Å². The van der Waals surface area contributed by atoms with Crippen molar-refractivity contribution in [1.82, 2.24) is 15.3 Å². The van der Waals surface area contributed by atoms with Gasteiger partial charge in [-0.25, -0.2) is 4.98 Å². The predicted octanol–water partition coefficient (Wildman–Crippen LogP) is 3.98. The number of methoxy groups -OCH3 is 2. The van der Waals surface area contributed by atoms with Gasteiger partial charge in [0.1, 0.15) is 5.82 Å². The number of thiophene rings is 1. The topological polar surface area (TPSA) is 85.4 Å². The number of hydrogen-bond acceptors (Lipinski definition) is 7. The monoisotopic (exact) mass is 420 g/mol. The second-order valence-electron chi connectivity index (χ2n) is 5.94. The van der Waals surface area contributed by atoms with Crippen molar-refractivity contribution < 1.29 is 14.3 Å². The van der Waals surface area contributed by atoms with Gasteiger partial charge in [-0.05, 0) is 54.1 Å². The molecule has 7 nitrogen and oxygen atoms in total. The van der Waals surface area contributed by atoms with Crippen LogP contribution in [0.2, 0.25) is 5.28 Å². The van der Waals surface area contributed by atoms with Gasteiger partial charge in [0.05, 0.1) is 24.4 Å². The van der Waals surface area contributed by atoms with E-state index in [1.165, 1.54) is 0 Å². The number of nitrogens with one attached hydrogen (secondary N) is 2. The third-order valence-corrected chi connectivity index (χ3v) is 5.18. The summed E-state index contributed by atoms with van der Waals surface area (Å²) in [6.07, 6.45) is 1.71. The maximum Gasteiger partial charge on any atom is 0.251 e. The molecule has 0 fully saturated rings. The highest BCUT2D eigenvalue weighted by atomic mass is 35.5. The molecule has 3 rings (SSSR count).